The Kier molecular flexibility index (Phi) is 9.07. The second kappa shape index (κ2) is 11.8. The lowest BCUT2D eigenvalue weighted by molar-refractivity contribution is -0.135. The third-order valence-electron chi connectivity index (χ3n) is 6.24. The van der Waals surface area contributed by atoms with Gasteiger partial charge in [-0.3, -0.25) is 14.5 Å². The SMILES string of the molecule is CCCCNC(=O)C1CCCN(CC(=O)N2CCN(S(=O)(=O)Cc3ccccc3)CC2)C1. The molecule has 32 heavy (non-hydrogen) atoms. The zero-order chi connectivity index (χ0) is 23.0. The number of benzene rings is 1. The third kappa shape index (κ3) is 7.02. The Bertz CT molecular complexity index is 854. The fourth-order valence-corrected chi connectivity index (χ4v) is 5.84. The number of nitrogens with zero attached hydrogens (tertiary/aromatic N) is 3. The number of amides is 2. The average molecular weight is 465 g/mol. The number of rotatable bonds is 9. The summed E-state index contributed by atoms with van der Waals surface area (Å²) in [7, 11) is -3.40. The van der Waals surface area contributed by atoms with Gasteiger partial charge < -0.3 is 10.2 Å². The van der Waals surface area contributed by atoms with Crippen LogP contribution in [0.2, 0.25) is 0 Å². The topological polar surface area (TPSA) is 90.0 Å². The van der Waals surface area contributed by atoms with Gasteiger partial charge in [0.05, 0.1) is 18.2 Å². The van der Waals surface area contributed by atoms with Crippen molar-refractivity contribution in [2.75, 3.05) is 52.4 Å². The number of carbonyl (C=O) groups is 2. The van der Waals surface area contributed by atoms with Gasteiger partial charge in [-0.05, 0) is 31.4 Å². The predicted molar refractivity (Wildman–Crippen MR) is 124 cm³/mol. The molecule has 2 aliphatic heterocycles. The molecule has 1 unspecified atom stereocenters. The number of sulfonamides is 1. The maximum Gasteiger partial charge on any atom is 0.236 e. The van der Waals surface area contributed by atoms with Crippen LogP contribution in [0.3, 0.4) is 0 Å². The summed E-state index contributed by atoms with van der Waals surface area (Å²) in [5.41, 5.74) is 0.768. The van der Waals surface area contributed by atoms with E-state index >= 15 is 0 Å². The fourth-order valence-electron chi connectivity index (χ4n) is 4.33. The van der Waals surface area contributed by atoms with Crippen molar-refractivity contribution >= 4 is 21.8 Å². The summed E-state index contributed by atoms with van der Waals surface area (Å²) in [6.45, 7) is 5.97. The Morgan fingerprint density at radius 2 is 1.78 bits per heavy atom. The van der Waals surface area contributed by atoms with Crippen molar-refractivity contribution < 1.29 is 18.0 Å². The highest BCUT2D eigenvalue weighted by Crippen LogP contribution is 2.18. The average Bonchev–Trinajstić information content (AvgIpc) is 2.80. The van der Waals surface area contributed by atoms with Gasteiger partial charge in [0, 0.05) is 39.3 Å². The Morgan fingerprint density at radius 3 is 2.47 bits per heavy atom. The van der Waals surface area contributed by atoms with E-state index in [1.54, 1.807) is 4.90 Å². The van der Waals surface area contributed by atoms with E-state index in [2.05, 4.69) is 17.1 Å². The first-order valence-corrected chi connectivity index (χ1v) is 13.3. The van der Waals surface area contributed by atoms with E-state index in [-0.39, 0.29) is 30.0 Å². The van der Waals surface area contributed by atoms with E-state index in [0.29, 0.717) is 39.3 Å². The van der Waals surface area contributed by atoms with Crippen LogP contribution in [0, 0.1) is 5.92 Å². The van der Waals surface area contributed by atoms with E-state index in [1.165, 1.54) is 4.31 Å². The minimum atomic E-state index is -3.40. The molecule has 0 saturated carbocycles. The van der Waals surface area contributed by atoms with Crippen LogP contribution >= 0.6 is 0 Å². The zero-order valence-electron chi connectivity index (χ0n) is 19.0. The molecule has 0 spiro atoms. The Morgan fingerprint density at radius 1 is 1.06 bits per heavy atom. The summed E-state index contributed by atoms with van der Waals surface area (Å²) in [6, 6.07) is 9.16. The smallest absolute Gasteiger partial charge is 0.236 e. The van der Waals surface area contributed by atoms with Gasteiger partial charge >= 0.3 is 0 Å². The Balaban J connectivity index is 1.44. The van der Waals surface area contributed by atoms with Gasteiger partial charge in [0.1, 0.15) is 0 Å². The Labute approximate surface area is 192 Å². The van der Waals surface area contributed by atoms with Crippen molar-refractivity contribution in [1.29, 1.82) is 0 Å². The number of nitrogens with one attached hydrogen (secondary N) is 1. The number of unbranched alkanes of at least 4 members (excludes halogenated alkanes) is 1. The fraction of sp³-hybridized carbons (Fsp3) is 0.652. The van der Waals surface area contributed by atoms with E-state index < -0.39 is 10.0 Å². The molecule has 1 aromatic rings. The molecular weight excluding hydrogens is 428 g/mol. The highest BCUT2D eigenvalue weighted by Gasteiger charge is 2.31. The van der Waals surface area contributed by atoms with Crippen LogP contribution in [-0.2, 0) is 25.4 Å². The molecule has 0 aliphatic carbocycles. The van der Waals surface area contributed by atoms with Crippen molar-refractivity contribution in [3.63, 3.8) is 0 Å². The van der Waals surface area contributed by atoms with Crippen molar-refractivity contribution in [1.82, 2.24) is 19.4 Å². The van der Waals surface area contributed by atoms with Gasteiger partial charge in [-0.1, -0.05) is 43.7 Å². The molecule has 178 valence electrons. The molecule has 3 rings (SSSR count). The van der Waals surface area contributed by atoms with Gasteiger partial charge in [-0.2, -0.15) is 4.31 Å². The van der Waals surface area contributed by atoms with E-state index in [0.717, 1.165) is 37.8 Å². The van der Waals surface area contributed by atoms with Gasteiger partial charge in [0.2, 0.25) is 21.8 Å². The number of piperazine rings is 1. The molecule has 9 heteroatoms. The standard InChI is InChI=1S/C23H36N4O4S/c1-2-3-11-24-23(29)21-10-7-12-25(17-21)18-22(28)26-13-15-27(16-14-26)32(30,31)19-20-8-5-4-6-9-20/h4-6,8-9,21H,2-3,7,10-19H2,1H3,(H,24,29). The molecule has 2 saturated heterocycles. The predicted octanol–water partition coefficient (Wildman–Crippen LogP) is 1.29. The molecule has 0 bridgehead atoms. The van der Waals surface area contributed by atoms with Crippen LogP contribution in [-0.4, -0.2) is 86.7 Å². The number of carbonyl (C=O) groups excluding carboxylic acids is 2. The molecule has 1 aromatic carbocycles. The third-order valence-corrected chi connectivity index (χ3v) is 8.09. The number of hydrogen-bond acceptors (Lipinski definition) is 5. The summed E-state index contributed by atoms with van der Waals surface area (Å²) >= 11 is 0. The van der Waals surface area contributed by atoms with Crippen LogP contribution in [0.5, 0.6) is 0 Å². The minimum absolute atomic E-state index is 0.0112. The lowest BCUT2D eigenvalue weighted by Crippen LogP contribution is -2.53. The lowest BCUT2D eigenvalue weighted by Gasteiger charge is -2.36. The number of hydrogen-bond donors (Lipinski definition) is 1. The molecule has 2 aliphatic rings. The van der Waals surface area contributed by atoms with Crippen LogP contribution < -0.4 is 5.32 Å². The van der Waals surface area contributed by atoms with Crippen molar-refractivity contribution in [2.24, 2.45) is 5.92 Å². The first-order chi connectivity index (χ1) is 15.4. The molecule has 8 nitrogen and oxygen atoms in total. The molecule has 2 fully saturated rings. The maximum atomic E-state index is 12.8. The van der Waals surface area contributed by atoms with Crippen molar-refractivity contribution in [3.05, 3.63) is 35.9 Å². The first kappa shape index (κ1) is 24.7. The van der Waals surface area contributed by atoms with Crippen LogP contribution in [0.4, 0.5) is 0 Å². The normalized spacial score (nSPS) is 20.8. The van der Waals surface area contributed by atoms with Crippen LogP contribution in [0.25, 0.3) is 0 Å². The highest BCUT2D eigenvalue weighted by atomic mass is 32.2. The lowest BCUT2D eigenvalue weighted by atomic mass is 9.97. The summed E-state index contributed by atoms with van der Waals surface area (Å²) in [6.07, 6.45) is 3.80. The highest BCUT2D eigenvalue weighted by molar-refractivity contribution is 7.88. The molecule has 1 atom stereocenters. The number of likely N-dealkylation sites (tertiary alicyclic amines) is 1. The summed E-state index contributed by atoms with van der Waals surface area (Å²) in [5.74, 6) is 0.0236. The second-order valence-electron chi connectivity index (χ2n) is 8.74. The summed E-state index contributed by atoms with van der Waals surface area (Å²) in [4.78, 5) is 29.0. The summed E-state index contributed by atoms with van der Waals surface area (Å²) in [5, 5.41) is 3.00. The largest absolute Gasteiger partial charge is 0.356 e. The molecule has 2 heterocycles. The van der Waals surface area contributed by atoms with Gasteiger partial charge in [0.15, 0.2) is 0 Å². The van der Waals surface area contributed by atoms with Crippen LogP contribution in [0.15, 0.2) is 30.3 Å². The second-order valence-corrected chi connectivity index (χ2v) is 10.7. The van der Waals surface area contributed by atoms with Crippen molar-refractivity contribution in [3.8, 4) is 0 Å². The summed E-state index contributed by atoms with van der Waals surface area (Å²) < 4.78 is 26.9. The molecule has 1 N–H and O–H groups in total. The molecular formula is C23H36N4O4S. The maximum absolute atomic E-state index is 12.8. The zero-order valence-corrected chi connectivity index (χ0v) is 19.9. The number of piperidine rings is 1. The molecule has 0 radical (unpaired) electrons. The van der Waals surface area contributed by atoms with E-state index in [9.17, 15) is 18.0 Å². The minimum Gasteiger partial charge on any atom is -0.356 e. The van der Waals surface area contributed by atoms with Gasteiger partial charge in [-0.15, -0.1) is 0 Å². The monoisotopic (exact) mass is 464 g/mol. The van der Waals surface area contributed by atoms with Gasteiger partial charge in [0.25, 0.3) is 0 Å². The molecule has 0 aromatic heterocycles. The Hall–Kier alpha value is -1.97. The van der Waals surface area contributed by atoms with Crippen LogP contribution in [0.1, 0.15) is 38.2 Å². The van der Waals surface area contributed by atoms with Gasteiger partial charge in [-0.25, -0.2) is 8.42 Å². The quantitative estimate of drug-likeness (QED) is 0.556. The van der Waals surface area contributed by atoms with E-state index in [1.807, 2.05) is 30.3 Å². The molecule has 2 amide bonds. The van der Waals surface area contributed by atoms with Crippen molar-refractivity contribution in [2.45, 2.75) is 38.4 Å². The van der Waals surface area contributed by atoms with E-state index in [4.69, 9.17) is 0 Å². The first-order valence-electron chi connectivity index (χ1n) is 11.7.